The van der Waals surface area contributed by atoms with Crippen molar-refractivity contribution in [2.75, 3.05) is 14.2 Å². The van der Waals surface area contributed by atoms with Crippen LogP contribution in [0.5, 0.6) is 11.5 Å². The first-order valence-electron chi connectivity index (χ1n) is 6.92. The molecule has 2 aromatic rings. The molecule has 0 spiro atoms. The Hall–Kier alpha value is -2.59. The van der Waals surface area contributed by atoms with Gasteiger partial charge in [-0.05, 0) is 30.5 Å². The van der Waals surface area contributed by atoms with Gasteiger partial charge in [-0.3, -0.25) is 0 Å². The van der Waals surface area contributed by atoms with E-state index in [9.17, 15) is 0 Å². The number of aryl methyl sites for hydroxylation is 1. The normalized spacial score (nSPS) is 10.3. The molecule has 0 amide bonds. The van der Waals surface area contributed by atoms with Crippen LogP contribution in [-0.2, 0) is 25.9 Å². The van der Waals surface area contributed by atoms with Crippen molar-refractivity contribution < 1.29 is 9.47 Å². The average Bonchev–Trinajstić information content (AvgIpc) is 2.94. The molecule has 0 bridgehead atoms. The Labute approximate surface area is 129 Å². The van der Waals surface area contributed by atoms with Crippen LogP contribution in [0.3, 0.4) is 0 Å². The second kappa shape index (κ2) is 7.43. The molecule has 2 N–H and O–H groups in total. The minimum atomic E-state index is 0.175. The van der Waals surface area contributed by atoms with Crippen molar-refractivity contribution in [1.82, 2.24) is 15.0 Å². The largest absolute Gasteiger partial charge is 0.493 e. The van der Waals surface area contributed by atoms with E-state index in [1.165, 1.54) is 0 Å². The van der Waals surface area contributed by atoms with Gasteiger partial charge in [0.1, 0.15) is 6.54 Å². The molecule has 116 valence electrons. The molecule has 1 aromatic carbocycles. The Kier molecular flexibility index (Phi) is 5.33. The van der Waals surface area contributed by atoms with Crippen LogP contribution in [0.1, 0.15) is 17.0 Å². The lowest BCUT2D eigenvalue weighted by atomic mass is 10.1. The molecule has 0 atom stereocenters. The summed E-state index contributed by atoms with van der Waals surface area (Å²) in [6.07, 6.45) is 1.48. The third kappa shape index (κ3) is 3.35. The van der Waals surface area contributed by atoms with E-state index in [0.717, 1.165) is 23.4 Å². The third-order valence-corrected chi connectivity index (χ3v) is 3.43. The van der Waals surface area contributed by atoms with Crippen LogP contribution in [0.25, 0.3) is 0 Å². The van der Waals surface area contributed by atoms with Gasteiger partial charge in [-0.1, -0.05) is 11.3 Å². The van der Waals surface area contributed by atoms with Crippen LogP contribution in [0.15, 0.2) is 18.2 Å². The highest BCUT2D eigenvalue weighted by molar-refractivity contribution is 5.43. The fourth-order valence-corrected chi connectivity index (χ4v) is 2.29. The van der Waals surface area contributed by atoms with E-state index in [2.05, 4.69) is 16.4 Å². The van der Waals surface area contributed by atoms with Crippen LogP contribution < -0.4 is 15.2 Å². The maximum absolute atomic E-state index is 8.84. The standard InChI is InChI=1S/C15H19N5O2/c1-21-14-6-4-11(9-15(14)22-2)3-5-13-12(10-17)18-19-20(13)8-7-16/h4,6,9H,3,5,8,10,17H2,1-2H3. The van der Waals surface area contributed by atoms with Gasteiger partial charge in [0.25, 0.3) is 0 Å². The van der Waals surface area contributed by atoms with Crippen LogP contribution >= 0.6 is 0 Å². The van der Waals surface area contributed by atoms with Gasteiger partial charge in [-0.25, -0.2) is 4.68 Å². The van der Waals surface area contributed by atoms with Crippen molar-refractivity contribution in [3.8, 4) is 17.6 Å². The second-order valence-electron chi connectivity index (χ2n) is 4.69. The number of benzene rings is 1. The molecule has 0 aliphatic carbocycles. The third-order valence-electron chi connectivity index (χ3n) is 3.43. The summed E-state index contributed by atoms with van der Waals surface area (Å²) in [5.41, 5.74) is 8.41. The molecule has 0 aliphatic rings. The number of ether oxygens (including phenoxy) is 2. The number of hydrogen-bond donors (Lipinski definition) is 1. The Morgan fingerprint density at radius 1 is 1.23 bits per heavy atom. The Morgan fingerprint density at radius 2 is 2.00 bits per heavy atom. The van der Waals surface area contributed by atoms with Gasteiger partial charge in [0.05, 0.1) is 31.7 Å². The van der Waals surface area contributed by atoms with E-state index in [-0.39, 0.29) is 6.54 Å². The van der Waals surface area contributed by atoms with Crippen LogP contribution in [0.4, 0.5) is 0 Å². The van der Waals surface area contributed by atoms with Crippen LogP contribution in [0.2, 0.25) is 0 Å². The molecular weight excluding hydrogens is 282 g/mol. The predicted molar refractivity (Wildman–Crippen MR) is 80.5 cm³/mol. The van der Waals surface area contributed by atoms with E-state index in [0.29, 0.717) is 24.5 Å². The molecule has 2 rings (SSSR count). The summed E-state index contributed by atoms with van der Waals surface area (Å²) in [4.78, 5) is 0. The summed E-state index contributed by atoms with van der Waals surface area (Å²) < 4.78 is 12.1. The number of nitrogens with zero attached hydrogens (tertiary/aromatic N) is 4. The van der Waals surface area contributed by atoms with Crippen molar-refractivity contribution >= 4 is 0 Å². The summed E-state index contributed by atoms with van der Waals surface area (Å²) in [5.74, 6) is 1.40. The summed E-state index contributed by atoms with van der Waals surface area (Å²) in [6.45, 7) is 0.487. The van der Waals surface area contributed by atoms with Crippen LogP contribution in [0, 0.1) is 11.3 Å². The highest BCUT2D eigenvalue weighted by atomic mass is 16.5. The molecule has 0 saturated carbocycles. The second-order valence-corrected chi connectivity index (χ2v) is 4.69. The SMILES string of the molecule is COc1ccc(CCc2c(CN)nnn2CC#N)cc1OC. The molecular formula is C15H19N5O2. The maximum atomic E-state index is 8.84. The van der Waals surface area contributed by atoms with Gasteiger partial charge in [0.15, 0.2) is 11.5 Å². The Bertz CT molecular complexity index is 675. The molecule has 0 fully saturated rings. The predicted octanol–water partition coefficient (Wildman–Crippen LogP) is 1.06. The molecule has 0 radical (unpaired) electrons. The zero-order valence-electron chi connectivity index (χ0n) is 12.7. The molecule has 1 heterocycles. The van der Waals surface area contributed by atoms with E-state index < -0.39 is 0 Å². The minimum Gasteiger partial charge on any atom is -0.493 e. The number of aromatic nitrogens is 3. The Balaban J connectivity index is 2.16. The smallest absolute Gasteiger partial charge is 0.160 e. The van der Waals surface area contributed by atoms with Gasteiger partial charge in [-0.15, -0.1) is 5.10 Å². The number of nitrogens with two attached hydrogens (primary N) is 1. The molecule has 7 nitrogen and oxygen atoms in total. The number of hydrogen-bond acceptors (Lipinski definition) is 6. The maximum Gasteiger partial charge on any atom is 0.160 e. The number of methoxy groups -OCH3 is 2. The van der Waals surface area contributed by atoms with E-state index in [1.807, 2.05) is 18.2 Å². The minimum absolute atomic E-state index is 0.175. The van der Waals surface area contributed by atoms with Crippen molar-refractivity contribution in [3.63, 3.8) is 0 Å². The summed E-state index contributed by atoms with van der Waals surface area (Å²) in [5, 5.41) is 16.8. The zero-order chi connectivity index (χ0) is 15.9. The molecule has 7 heteroatoms. The quantitative estimate of drug-likeness (QED) is 0.821. The van der Waals surface area contributed by atoms with Crippen molar-refractivity contribution in [2.45, 2.75) is 25.9 Å². The first-order valence-corrected chi connectivity index (χ1v) is 6.92. The molecule has 0 unspecified atom stereocenters. The van der Waals surface area contributed by atoms with Crippen molar-refractivity contribution in [2.24, 2.45) is 5.73 Å². The Morgan fingerprint density at radius 3 is 2.64 bits per heavy atom. The zero-order valence-corrected chi connectivity index (χ0v) is 12.7. The molecule has 0 saturated heterocycles. The van der Waals surface area contributed by atoms with Gasteiger partial charge in [0, 0.05) is 6.54 Å². The van der Waals surface area contributed by atoms with E-state index >= 15 is 0 Å². The summed E-state index contributed by atoms with van der Waals surface area (Å²) >= 11 is 0. The lowest BCUT2D eigenvalue weighted by Crippen LogP contribution is -2.08. The van der Waals surface area contributed by atoms with Gasteiger partial charge < -0.3 is 15.2 Å². The van der Waals surface area contributed by atoms with Gasteiger partial charge >= 0.3 is 0 Å². The van der Waals surface area contributed by atoms with Crippen LogP contribution in [-0.4, -0.2) is 29.2 Å². The van der Waals surface area contributed by atoms with Crippen molar-refractivity contribution in [3.05, 3.63) is 35.2 Å². The molecule has 0 aliphatic heterocycles. The number of nitriles is 1. The highest BCUT2D eigenvalue weighted by Crippen LogP contribution is 2.28. The highest BCUT2D eigenvalue weighted by Gasteiger charge is 2.12. The van der Waals surface area contributed by atoms with E-state index in [4.69, 9.17) is 20.5 Å². The van der Waals surface area contributed by atoms with Gasteiger partial charge in [0.2, 0.25) is 0 Å². The number of rotatable bonds is 7. The lowest BCUT2D eigenvalue weighted by molar-refractivity contribution is 0.354. The fraction of sp³-hybridized carbons (Fsp3) is 0.400. The fourth-order valence-electron chi connectivity index (χ4n) is 2.29. The lowest BCUT2D eigenvalue weighted by Gasteiger charge is -2.10. The first-order chi connectivity index (χ1) is 10.7. The summed E-state index contributed by atoms with van der Waals surface area (Å²) in [6, 6.07) is 7.89. The monoisotopic (exact) mass is 301 g/mol. The van der Waals surface area contributed by atoms with E-state index in [1.54, 1.807) is 18.9 Å². The van der Waals surface area contributed by atoms with Gasteiger partial charge in [-0.2, -0.15) is 5.26 Å². The van der Waals surface area contributed by atoms with Crippen molar-refractivity contribution in [1.29, 1.82) is 5.26 Å². The average molecular weight is 301 g/mol. The topological polar surface area (TPSA) is 99.0 Å². The first kappa shape index (κ1) is 15.8. The summed E-state index contributed by atoms with van der Waals surface area (Å²) in [7, 11) is 3.22. The molecule has 1 aromatic heterocycles. The molecule has 22 heavy (non-hydrogen) atoms.